The van der Waals surface area contributed by atoms with Crippen LogP contribution in [0.5, 0.6) is 0 Å². The lowest BCUT2D eigenvalue weighted by Crippen LogP contribution is -2.21. The van der Waals surface area contributed by atoms with Gasteiger partial charge in [-0.3, -0.25) is 0 Å². The van der Waals surface area contributed by atoms with Crippen LogP contribution in [0.25, 0.3) is 0 Å². The van der Waals surface area contributed by atoms with E-state index >= 15 is 0 Å². The molecule has 0 saturated carbocycles. The van der Waals surface area contributed by atoms with E-state index in [9.17, 15) is 0 Å². The molecule has 0 atom stereocenters. The van der Waals surface area contributed by atoms with Gasteiger partial charge in [-0.2, -0.15) is 0 Å². The molecule has 0 aliphatic rings. The normalized spacial score (nSPS) is 10.3. The van der Waals surface area contributed by atoms with E-state index in [0.29, 0.717) is 4.99 Å². The lowest BCUT2D eigenvalue weighted by Gasteiger charge is -2.11. The van der Waals surface area contributed by atoms with Crippen molar-refractivity contribution in [2.45, 2.75) is 0 Å². The van der Waals surface area contributed by atoms with E-state index in [-0.39, 0.29) is 0 Å². The average molecular weight is 224 g/mol. The molecule has 0 amide bonds. The number of likely N-dealkylation sites (N-methyl/N-ethyl adjacent to an activating group) is 1. The first-order chi connectivity index (χ1) is 7.09. The Kier molecular flexibility index (Phi) is 4.45. The van der Waals surface area contributed by atoms with Gasteiger partial charge in [-0.15, -0.1) is 0 Å². The van der Waals surface area contributed by atoms with Crippen molar-refractivity contribution in [3.8, 4) is 0 Å². The molecule has 0 bridgehead atoms. The third kappa shape index (κ3) is 4.22. The largest absolute Gasteiger partial charge is 0.389 e. The van der Waals surface area contributed by atoms with Crippen LogP contribution in [0.15, 0.2) is 18.3 Å². The molecule has 1 rings (SSSR count). The zero-order chi connectivity index (χ0) is 11.3. The summed E-state index contributed by atoms with van der Waals surface area (Å²) in [6.07, 6.45) is 1.70. The molecule has 1 heterocycles. The first kappa shape index (κ1) is 11.9. The topological polar surface area (TPSA) is 54.2 Å². The van der Waals surface area contributed by atoms with Crippen LogP contribution in [0.3, 0.4) is 0 Å². The Hall–Kier alpha value is -1.20. The molecule has 0 aliphatic heterocycles. The fourth-order valence-electron chi connectivity index (χ4n) is 1.09. The van der Waals surface area contributed by atoms with Crippen molar-refractivity contribution in [1.29, 1.82) is 0 Å². The summed E-state index contributed by atoms with van der Waals surface area (Å²) in [6, 6.07) is 3.66. The molecule has 0 aliphatic carbocycles. The quantitative estimate of drug-likeness (QED) is 0.721. The third-order valence-electron chi connectivity index (χ3n) is 1.91. The summed E-state index contributed by atoms with van der Waals surface area (Å²) in [7, 11) is 4.06. The van der Waals surface area contributed by atoms with Gasteiger partial charge in [0.2, 0.25) is 0 Å². The second-order valence-corrected chi connectivity index (χ2v) is 3.96. The number of nitrogens with two attached hydrogens (primary N) is 1. The van der Waals surface area contributed by atoms with Gasteiger partial charge in [0, 0.05) is 24.8 Å². The Balaban J connectivity index is 2.54. The van der Waals surface area contributed by atoms with Gasteiger partial charge < -0.3 is 16.0 Å². The maximum absolute atomic E-state index is 5.53. The van der Waals surface area contributed by atoms with Crippen LogP contribution in [0.1, 0.15) is 5.56 Å². The maximum Gasteiger partial charge on any atom is 0.126 e. The fraction of sp³-hybridized carbons (Fsp3) is 0.400. The summed E-state index contributed by atoms with van der Waals surface area (Å²) in [5.74, 6) is 0.808. The minimum atomic E-state index is 0.396. The number of pyridine rings is 1. The van der Waals surface area contributed by atoms with Crippen molar-refractivity contribution in [1.82, 2.24) is 9.88 Å². The number of anilines is 1. The predicted octanol–water partition coefficient (Wildman–Crippen LogP) is 0.689. The van der Waals surface area contributed by atoms with Crippen LogP contribution in [-0.4, -0.2) is 42.1 Å². The Labute approximate surface area is 95.5 Å². The van der Waals surface area contributed by atoms with Crippen LogP contribution in [0.2, 0.25) is 0 Å². The Bertz CT molecular complexity index is 338. The second-order valence-electron chi connectivity index (χ2n) is 3.52. The number of nitrogens with one attached hydrogen (secondary N) is 1. The van der Waals surface area contributed by atoms with Gasteiger partial charge in [-0.25, -0.2) is 4.98 Å². The van der Waals surface area contributed by atoms with Crippen molar-refractivity contribution in [2.75, 3.05) is 32.5 Å². The summed E-state index contributed by atoms with van der Waals surface area (Å²) in [5.41, 5.74) is 6.37. The third-order valence-corrected chi connectivity index (χ3v) is 2.15. The van der Waals surface area contributed by atoms with Gasteiger partial charge in [0.05, 0.1) is 0 Å². The molecule has 0 saturated heterocycles. The molecule has 0 unspecified atom stereocenters. The summed E-state index contributed by atoms with van der Waals surface area (Å²) >= 11 is 4.89. The predicted molar refractivity (Wildman–Crippen MR) is 67.2 cm³/mol. The van der Waals surface area contributed by atoms with Gasteiger partial charge in [0.25, 0.3) is 0 Å². The van der Waals surface area contributed by atoms with Gasteiger partial charge in [-0.1, -0.05) is 12.2 Å². The molecular weight excluding hydrogens is 208 g/mol. The molecule has 1 aromatic rings. The molecule has 3 N–H and O–H groups in total. The summed E-state index contributed by atoms with van der Waals surface area (Å²) in [5, 5.41) is 3.20. The highest BCUT2D eigenvalue weighted by Crippen LogP contribution is 2.05. The maximum atomic E-state index is 5.53. The molecule has 0 aromatic carbocycles. The van der Waals surface area contributed by atoms with Crippen LogP contribution in [-0.2, 0) is 0 Å². The highest BCUT2D eigenvalue weighted by atomic mass is 32.1. The number of nitrogens with zero attached hydrogens (tertiary/aromatic N) is 2. The number of hydrogen-bond acceptors (Lipinski definition) is 4. The minimum Gasteiger partial charge on any atom is -0.389 e. The highest BCUT2D eigenvalue weighted by molar-refractivity contribution is 7.80. The molecule has 0 radical (unpaired) electrons. The van der Waals surface area contributed by atoms with E-state index in [1.54, 1.807) is 12.3 Å². The fourth-order valence-corrected chi connectivity index (χ4v) is 1.22. The van der Waals surface area contributed by atoms with Crippen molar-refractivity contribution in [2.24, 2.45) is 5.73 Å². The average Bonchev–Trinajstić information content (AvgIpc) is 2.17. The second kappa shape index (κ2) is 5.63. The van der Waals surface area contributed by atoms with Crippen LogP contribution < -0.4 is 11.1 Å². The smallest absolute Gasteiger partial charge is 0.126 e. The Morgan fingerprint density at radius 1 is 1.60 bits per heavy atom. The number of hydrogen-bond donors (Lipinski definition) is 2. The van der Waals surface area contributed by atoms with E-state index in [0.717, 1.165) is 24.5 Å². The SMILES string of the molecule is CN(C)CCNc1cc(C(N)=S)ccn1. The molecular formula is C10H16N4S. The first-order valence-electron chi connectivity index (χ1n) is 4.74. The van der Waals surface area contributed by atoms with Gasteiger partial charge in [-0.05, 0) is 26.2 Å². The number of rotatable bonds is 5. The number of aromatic nitrogens is 1. The van der Waals surface area contributed by atoms with Crippen LogP contribution in [0, 0.1) is 0 Å². The zero-order valence-corrected chi connectivity index (χ0v) is 9.84. The molecule has 1 aromatic heterocycles. The molecule has 4 nitrogen and oxygen atoms in total. The van der Waals surface area contributed by atoms with Crippen molar-refractivity contribution < 1.29 is 0 Å². The van der Waals surface area contributed by atoms with Gasteiger partial charge in [0.15, 0.2) is 0 Å². The van der Waals surface area contributed by atoms with Crippen molar-refractivity contribution in [3.05, 3.63) is 23.9 Å². The summed E-state index contributed by atoms with van der Waals surface area (Å²) in [6.45, 7) is 1.81. The van der Waals surface area contributed by atoms with E-state index in [1.807, 2.05) is 20.2 Å². The zero-order valence-electron chi connectivity index (χ0n) is 9.03. The van der Waals surface area contributed by atoms with E-state index < -0.39 is 0 Å². The molecule has 15 heavy (non-hydrogen) atoms. The monoisotopic (exact) mass is 224 g/mol. The number of thiocarbonyl (C=S) groups is 1. The Morgan fingerprint density at radius 3 is 2.93 bits per heavy atom. The van der Waals surface area contributed by atoms with E-state index in [1.165, 1.54) is 0 Å². The van der Waals surface area contributed by atoms with E-state index in [4.69, 9.17) is 18.0 Å². The highest BCUT2D eigenvalue weighted by Gasteiger charge is 1.99. The van der Waals surface area contributed by atoms with Crippen LogP contribution >= 0.6 is 12.2 Å². The standard InChI is InChI=1S/C10H16N4S/c1-14(2)6-5-13-9-7-8(10(11)15)3-4-12-9/h3-4,7H,5-6H2,1-2H3,(H2,11,15)(H,12,13). The summed E-state index contributed by atoms with van der Waals surface area (Å²) < 4.78 is 0. The lowest BCUT2D eigenvalue weighted by atomic mass is 10.2. The van der Waals surface area contributed by atoms with Crippen LogP contribution in [0.4, 0.5) is 5.82 Å². The van der Waals surface area contributed by atoms with Gasteiger partial charge >= 0.3 is 0 Å². The van der Waals surface area contributed by atoms with E-state index in [2.05, 4.69) is 15.2 Å². The van der Waals surface area contributed by atoms with Gasteiger partial charge in [0.1, 0.15) is 10.8 Å². The minimum absolute atomic E-state index is 0.396. The summed E-state index contributed by atoms with van der Waals surface area (Å²) in [4.78, 5) is 6.67. The van der Waals surface area contributed by atoms with Crippen molar-refractivity contribution in [3.63, 3.8) is 0 Å². The Morgan fingerprint density at radius 2 is 2.33 bits per heavy atom. The lowest BCUT2D eigenvalue weighted by molar-refractivity contribution is 0.425. The first-order valence-corrected chi connectivity index (χ1v) is 5.15. The van der Waals surface area contributed by atoms with Crippen molar-refractivity contribution >= 4 is 23.0 Å². The molecule has 82 valence electrons. The molecule has 0 spiro atoms. The molecule has 5 heteroatoms. The molecule has 0 fully saturated rings.